The lowest BCUT2D eigenvalue weighted by Gasteiger charge is -2.24. The van der Waals surface area contributed by atoms with E-state index in [2.05, 4.69) is 62.4 Å². The SMILES string of the molecule is COCCC(C)(C)CNCc1ccc(N(C)C)cc1. The van der Waals surface area contributed by atoms with Gasteiger partial charge in [-0.25, -0.2) is 0 Å². The van der Waals surface area contributed by atoms with Crippen molar-refractivity contribution in [2.45, 2.75) is 26.8 Å². The molecule has 0 aromatic heterocycles. The van der Waals surface area contributed by atoms with Crippen LogP contribution in [0.15, 0.2) is 24.3 Å². The molecule has 0 fully saturated rings. The maximum absolute atomic E-state index is 5.15. The van der Waals surface area contributed by atoms with Crippen LogP contribution in [0, 0.1) is 5.41 Å². The topological polar surface area (TPSA) is 24.5 Å². The predicted molar refractivity (Wildman–Crippen MR) is 82.7 cm³/mol. The van der Waals surface area contributed by atoms with Gasteiger partial charge in [-0.3, -0.25) is 0 Å². The lowest BCUT2D eigenvalue weighted by Crippen LogP contribution is -2.30. The minimum Gasteiger partial charge on any atom is -0.385 e. The molecule has 0 heterocycles. The molecule has 0 saturated heterocycles. The highest BCUT2D eigenvalue weighted by Gasteiger charge is 2.16. The van der Waals surface area contributed by atoms with Crippen LogP contribution >= 0.6 is 0 Å². The summed E-state index contributed by atoms with van der Waals surface area (Å²) in [4.78, 5) is 2.12. The molecule has 1 N–H and O–H groups in total. The van der Waals surface area contributed by atoms with Gasteiger partial charge in [-0.2, -0.15) is 0 Å². The first-order valence-corrected chi connectivity index (χ1v) is 6.90. The van der Waals surface area contributed by atoms with Crippen molar-refractivity contribution in [2.75, 3.05) is 39.3 Å². The van der Waals surface area contributed by atoms with Gasteiger partial charge in [-0.1, -0.05) is 26.0 Å². The number of nitrogens with zero attached hydrogens (tertiary/aromatic N) is 1. The molecule has 108 valence electrons. The smallest absolute Gasteiger partial charge is 0.0467 e. The second-order valence-electron chi connectivity index (χ2n) is 6.07. The summed E-state index contributed by atoms with van der Waals surface area (Å²) in [5.74, 6) is 0. The van der Waals surface area contributed by atoms with Crippen LogP contribution in [0.4, 0.5) is 5.69 Å². The van der Waals surface area contributed by atoms with Gasteiger partial charge in [0.1, 0.15) is 0 Å². The van der Waals surface area contributed by atoms with Crippen molar-refractivity contribution in [3.05, 3.63) is 29.8 Å². The van der Waals surface area contributed by atoms with Crippen LogP contribution in [0.5, 0.6) is 0 Å². The second kappa shape index (κ2) is 7.51. The van der Waals surface area contributed by atoms with Gasteiger partial charge in [0, 0.05) is 46.6 Å². The second-order valence-corrected chi connectivity index (χ2v) is 6.07. The fourth-order valence-corrected chi connectivity index (χ4v) is 1.92. The van der Waals surface area contributed by atoms with Gasteiger partial charge >= 0.3 is 0 Å². The maximum Gasteiger partial charge on any atom is 0.0467 e. The Kier molecular flexibility index (Phi) is 6.32. The maximum atomic E-state index is 5.15. The molecule has 1 rings (SSSR count). The van der Waals surface area contributed by atoms with Crippen molar-refractivity contribution in [2.24, 2.45) is 5.41 Å². The highest BCUT2D eigenvalue weighted by Crippen LogP contribution is 2.19. The predicted octanol–water partition coefficient (Wildman–Crippen LogP) is 2.90. The fraction of sp³-hybridized carbons (Fsp3) is 0.625. The Bertz CT molecular complexity index is 358. The number of anilines is 1. The van der Waals surface area contributed by atoms with Gasteiger partial charge in [0.15, 0.2) is 0 Å². The van der Waals surface area contributed by atoms with E-state index in [9.17, 15) is 0 Å². The fourth-order valence-electron chi connectivity index (χ4n) is 1.92. The summed E-state index contributed by atoms with van der Waals surface area (Å²) in [7, 11) is 5.88. The molecule has 0 atom stereocenters. The third-order valence-electron chi connectivity index (χ3n) is 3.37. The van der Waals surface area contributed by atoms with Crippen LogP contribution in [0.25, 0.3) is 0 Å². The molecule has 0 saturated carbocycles. The monoisotopic (exact) mass is 264 g/mol. The number of hydrogen-bond donors (Lipinski definition) is 1. The van der Waals surface area contributed by atoms with E-state index in [0.29, 0.717) is 0 Å². The van der Waals surface area contributed by atoms with Gasteiger partial charge in [0.25, 0.3) is 0 Å². The van der Waals surface area contributed by atoms with E-state index < -0.39 is 0 Å². The summed E-state index contributed by atoms with van der Waals surface area (Å²) in [6.07, 6.45) is 1.08. The highest BCUT2D eigenvalue weighted by molar-refractivity contribution is 5.45. The molecule has 0 radical (unpaired) electrons. The van der Waals surface area contributed by atoms with Crippen molar-refractivity contribution in [3.8, 4) is 0 Å². The average Bonchev–Trinajstić information content (AvgIpc) is 2.37. The lowest BCUT2D eigenvalue weighted by molar-refractivity contribution is 0.150. The first-order valence-electron chi connectivity index (χ1n) is 6.90. The molecule has 1 aromatic rings. The first-order chi connectivity index (χ1) is 8.94. The van der Waals surface area contributed by atoms with Crippen molar-refractivity contribution >= 4 is 5.69 Å². The molecular formula is C16H28N2O. The van der Waals surface area contributed by atoms with Crippen molar-refractivity contribution in [3.63, 3.8) is 0 Å². The Hall–Kier alpha value is -1.06. The van der Waals surface area contributed by atoms with Gasteiger partial charge in [-0.15, -0.1) is 0 Å². The van der Waals surface area contributed by atoms with E-state index >= 15 is 0 Å². The first kappa shape index (κ1) is 16.0. The summed E-state index contributed by atoms with van der Waals surface area (Å²) < 4.78 is 5.15. The van der Waals surface area contributed by atoms with Gasteiger partial charge in [0.2, 0.25) is 0 Å². The largest absolute Gasteiger partial charge is 0.385 e. The van der Waals surface area contributed by atoms with E-state index in [1.165, 1.54) is 11.3 Å². The van der Waals surface area contributed by atoms with E-state index in [4.69, 9.17) is 4.74 Å². The van der Waals surface area contributed by atoms with Crippen LogP contribution < -0.4 is 10.2 Å². The number of methoxy groups -OCH3 is 1. The number of nitrogens with one attached hydrogen (secondary N) is 1. The summed E-state index contributed by atoms with van der Waals surface area (Å²) >= 11 is 0. The zero-order chi connectivity index (χ0) is 14.3. The number of rotatable bonds is 8. The van der Waals surface area contributed by atoms with Gasteiger partial charge in [0.05, 0.1) is 0 Å². The Balaban J connectivity index is 2.36. The van der Waals surface area contributed by atoms with E-state index in [0.717, 1.165) is 26.1 Å². The van der Waals surface area contributed by atoms with E-state index in [1.807, 2.05) is 0 Å². The molecule has 3 heteroatoms. The Morgan fingerprint density at radius 2 is 1.79 bits per heavy atom. The number of ether oxygens (including phenoxy) is 1. The van der Waals surface area contributed by atoms with Crippen LogP contribution in [-0.2, 0) is 11.3 Å². The van der Waals surface area contributed by atoms with Crippen LogP contribution in [0.3, 0.4) is 0 Å². The highest BCUT2D eigenvalue weighted by atomic mass is 16.5. The quantitative estimate of drug-likeness (QED) is 0.781. The Morgan fingerprint density at radius 1 is 1.16 bits per heavy atom. The summed E-state index contributed by atoms with van der Waals surface area (Å²) in [5, 5.41) is 3.53. The molecule has 0 unspecified atom stereocenters. The van der Waals surface area contributed by atoms with Crippen molar-refractivity contribution < 1.29 is 4.74 Å². The molecule has 3 nitrogen and oxygen atoms in total. The average molecular weight is 264 g/mol. The standard InChI is InChI=1S/C16H28N2O/c1-16(2,10-11-19-5)13-17-12-14-6-8-15(9-7-14)18(3)4/h6-9,17H,10-13H2,1-5H3. The van der Waals surface area contributed by atoms with Gasteiger partial charge in [-0.05, 0) is 29.5 Å². The minimum atomic E-state index is 0.277. The lowest BCUT2D eigenvalue weighted by atomic mass is 9.89. The van der Waals surface area contributed by atoms with Crippen molar-refractivity contribution in [1.29, 1.82) is 0 Å². The van der Waals surface area contributed by atoms with Crippen LogP contribution in [0.1, 0.15) is 25.8 Å². The molecule has 0 aliphatic carbocycles. The van der Waals surface area contributed by atoms with E-state index in [-0.39, 0.29) is 5.41 Å². The summed E-state index contributed by atoms with van der Waals surface area (Å²) in [6, 6.07) is 8.69. The zero-order valence-corrected chi connectivity index (χ0v) is 13.0. The summed E-state index contributed by atoms with van der Waals surface area (Å²) in [6.45, 7) is 7.30. The Morgan fingerprint density at radius 3 is 2.32 bits per heavy atom. The molecule has 19 heavy (non-hydrogen) atoms. The molecule has 0 aliphatic heterocycles. The van der Waals surface area contributed by atoms with Gasteiger partial charge < -0.3 is 15.0 Å². The van der Waals surface area contributed by atoms with Crippen LogP contribution in [-0.4, -0.2) is 34.4 Å². The summed E-state index contributed by atoms with van der Waals surface area (Å²) in [5.41, 5.74) is 2.84. The molecule has 0 aliphatic rings. The third-order valence-corrected chi connectivity index (χ3v) is 3.37. The normalized spacial score (nSPS) is 11.6. The molecule has 1 aromatic carbocycles. The Labute approximate surface area is 118 Å². The number of benzene rings is 1. The molecule has 0 amide bonds. The van der Waals surface area contributed by atoms with Crippen LogP contribution in [0.2, 0.25) is 0 Å². The number of hydrogen-bond acceptors (Lipinski definition) is 3. The molecule has 0 bridgehead atoms. The minimum absolute atomic E-state index is 0.277. The molecular weight excluding hydrogens is 236 g/mol. The molecule has 0 spiro atoms. The van der Waals surface area contributed by atoms with E-state index in [1.54, 1.807) is 7.11 Å². The third kappa shape index (κ3) is 6.08. The van der Waals surface area contributed by atoms with Crippen molar-refractivity contribution in [1.82, 2.24) is 5.32 Å². The zero-order valence-electron chi connectivity index (χ0n) is 13.0.